The van der Waals surface area contributed by atoms with Crippen LogP contribution in [-0.4, -0.2) is 5.11 Å². The van der Waals surface area contributed by atoms with Crippen molar-refractivity contribution in [3.63, 3.8) is 0 Å². The van der Waals surface area contributed by atoms with Crippen molar-refractivity contribution in [1.82, 2.24) is 0 Å². The highest BCUT2D eigenvalue weighted by molar-refractivity contribution is 9.10. The molecule has 2 nitrogen and oxygen atoms in total. The number of aromatic hydroxyl groups is 1. The molecule has 0 aliphatic carbocycles. The molecule has 0 radical (unpaired) electrons. The average Bonchev–Trinajstić information content (AvgIpc) is 2.27. The predicted molar refractivity (Wildman–Crippen MR) is 69.5 cm³/mol. The summed E-state index contributed by atoms with van der Waals surface area (Å²) < 4.78 is 1.06. The first-order chi connectivity index (χ1) is 7.65. The SMILES string of the molecule is Nc1ccc(O)cc1Cc1ccc(Br)cc1. The number of nitrogen functional groups attached to an aromatic ring is 1. The molecule has 82 valence electrons. The number of anilines is 1. The summed E-state index contributed by atoms with van der Waals surface area (Å²) in [4.78, 5) is 0. The van der Waals surface area contributed by atoms with Gasteiger partial charge in [-0.3, -0.25) is 0 Å². The van der Waals surface area contributed by atoms with Crippen LogP contribution in [0.25, 0.3) is 0 Å². The van der Waals surface area contributed by atoms with Gasteiger partial charge in [-0.25, -0.2) is 0 Å². The molecule has 2 aromatic rings. The van der Waals surface area contributed by atoms with Crippen LogP contribution in [0.2, 0.25) is 0 Å². The lowest BCUT2D eigenvalue weighted by atomic mass is 10.0. The summed E-state index contributed by atoms with van der Waals surface area (Å²) in [5.41, 5.74) is 8.67. The largest absolute Gasteiger partial charge is 0.508 e. The molecule has 0 aliphatic rings. The molecule has 0 saturated heterocycles. The Morgan fingerprint density at radius 2 is 1.75 bits per heavy atom. The molecule has 0 saturated carbocycles. The molecule has 2 rings (SSSR count). The Balaban J connectivity index is 2.26. The second-order valence-corrected chi connectivity index (χ2v) is 4.60. The van der Waals surface area contributed by atoms with E-state index < -0.39 is 0 Å². The van der Waals surface area contributed by atoms with Gasteiger partial charge in [0.1, 0.15) is 5.75 Å². The number of rotatable bonds is 2. The van der Waals surface area contributed by atoms with Crippen LogP contribution in [0.5, 0.6) is 5.75 Å². The quantitative estimate of drug-likeness (QED) is 0.653. The Hall–Kier alpha value is -1.48. The fourth-order valence-electron chi connectivity index (χ4n) is 1.57. The molecule has 0 bridgehead atoms. The third-order valence-electron chi connectivity index (χ3n) is 2.43. The van der Waals surface area contributed by atoms with Crippen molar-refractivity contribution < 1.29 is 5.11 Å². The number of nitrogens with two attached hydrogens (primary N) is 1. The van der Waals surface area contributed by atoms with Gasteiger partial charge >= 0.3 is 0 Å². The van der Waals surface area contributed by atoms with Gasteiger partial charge in [0.05, 0.1) is 0 Å². The Morgan fingerprint density at radius 3 is 2.44 bits per heavy atom. The minimum atomic E-state index is 0.251. The summed E-state index contributed by atoms with van der Waals surface area (Å²) in [7, 11) is 0. The van der Waals surface area contributed by atoms with E-state index in [1.165, 1.54) is 5.56 Å². The minimum absolute atomic E-state index is 0.251. The number of hydrogen-bond donors (Lipinski definition) is 2. The molecule has 16 heavy (non-hydrogen) atoms. The van der Waals surface area contributed by atoms with E-state index in [4.69, 9.17) is 5.73 Å². The van der Waals surface area contributed by atoms with Crippen molar-refractivity contribution in [2.24, 2.45) is 0 Å². The summed E-state index contributed by atoms with van der Waals surface area (Å²) in [5.74, 6) is 0.251. The van der Waals surface area contributed by atoms with E-state index in [1.54, 1.807) is 18.2 Å². The van der Waals surface area contributed by atoms with Crippen LogP contribution >= 0.6 is 15.9 Å². The molecule has 0 fully saturated rings. The Labute approximate surface area is 103 Å². The first-order valence-corrected chi connectivity index (χ1v) is 5.76. The van der Waals surface area contributed by atoms with Gasteiger partial charge < -0.3 is 10.8 Å². The standard InChI is InChI=1S/C13H12BrNO/c14-11-3-1-9(2-4-11)7-10-8-12(16)5-6-13(10)15/h1-6,8,16H,7,15H2. The summed E-state index contributed by atoms with van der Waals surface area (Å²) in [6.45, 7) is 0. The second-order valence-electron chi connectivity index (χ2n) is 3.69. The molecular formula is C13H12BrNO. The fourth-order valence-corrected chi connectivity index (χ4v) is 1.83. The van der Waals surface area contributed by atoms with Crippen molar-refractivity contribution in [1.29, 1.82) is 0 Å². The van der Waals surface area contributed by atoms with Gasteiger partial charge in [-0.05, 0) is 47.9 Å². The van der Waals surface area contributed by atoms with Crippen molar-refractivity contribution in [2.45, 2.75) is 6.42 Å². The van der Waals surface area contributed by atoms with E-state index in [0.717, 1.165) is 16.5 Å². The molecular weight excluding hydrogens is 266 g/mol. The highest BCUT2D eigenvalue weighted by atomic mass is 79.9. The number of halogens is 1. The van der Waals surface area contributed by atoms with Gasteiger partial charge in [0, 0.05) is 10.2 Å². The van der Waals surface area contributed by atoms with Crippen LogP contribution in [0, 0.1) is 0 Å². The summed E-state index contributed by atoms with van der Waals surface area (Å²) in [6.07, 6.45) is 0.730. The highest BCUT2D eigenvalue weighted by Gasteiger charge is 2.02. The number of benzene rings is 2. The van der Waals surface area contributed by atoms with Gasteiger partial charge in [-0.2, -0.15) is 0 Å². The van der Waals surface area contributed by atoms with E-state index in [2.05, 4.69) is 15.9 Å². The van der Waals surface area contributed by atoms with Crippen LogP contribution in [0.4, 0.5) is 5.69 Å². The molecule has 3 heteroatoms. The zero-order valence-corrected chi connectivity index (χ0v) is 10.2. The van der Waals surface area contributed by atoms with Crippen molar-refractivity contribution >= 4 is 21.6 Å². The molecule has 0 aliphatic heterocycles. The molecule has 0 heterocycles. The average molecular weight is 278 g/mol. The van der Waals surface area contributed by atoms with Gasteiger partial charge in [0.25, 0.3) is 0 Å². The summed E-state index contributed by atoms with van der Waals surface area (Å²) in [5, 5.41) is 9.40. The van der Waals surface area contributed by atoms with Crippen LogP contribution < -0.4 is 5.73 Å². The molecule has 0 aromatic heterocycles. The Bertz CT molecular complexity index is 494. The maximum atomic E-state index is 9.40. The number of hydrogen-bond acceptors (Lipinski definition) is 2. The fraction of sp³-hybridized carbons (Fsp3) is 0.0769. The molecule has 0 spiro atoms. The summed E-state index contributed by atoms with van der Waals surface area (Å²) in [6, 6.07) is 13.1. The van der Waals surface area contributed by atoms with E-state index in [1.807, 2.05) is 24.3 Å². The first kappa shape index (κ1) is 11.0. The van der Waals surface area contributed by atoms with E-state index in [-0.39, 0.29) is 5.75 Å². The monoisotopic (exact) mass is 277 g/mol. The lowest BCUT2D eigenvalue weighted by molar-refractivity contribution is 0.475. The van der Waals surface area contributed by atoms with Crippen LogP contribution in [-0.2, 0) is 6.42 Å². The smallest absolute Gasteiger partial charge is 0.116 e. The van der Waals surface area contributed by atoms with E-state index in [0.29, 0.717) is 5.69 Å². The van der Waals surface area contributed by atoms with E-state index >= 15 is 0 Å². The van der Waals surface area contributed by atoms with Crippen LogP contribution in [0.3, 0.4) is 0 Å². The lowest BCUT2D eigenvalue weighted by Crippen LogP contribution is -1.95. The highest BCUT2D eigenvalue weighted by Crippen LogP contribution is 2.22. The van der Waals surface area contributed by atoms with Crippen molar-refractivity contribution in [2.75, 3.05) is 5.73 Å². The third-order valence-corrected chi connectivity index (χ3v) is 2.96. The van der Waals surface area contributed by atoms with Crippen LogP contribution in [0.15, 0.2) is 46.9 Å². The zero-order valence-electron chi connectivity index (χ0n) is 8.65. The predicted octanol–water partition coefficient (Wildman–Crippen LogP) is 3.33. The van der Waals surface area contributed by atoms with Gasteiger partial charge in [-0.1, -0.05) is 28.1 Å². The molecule has 2 aromatic carbocycles. The van der Waals surface area contributed by atoms with Gasteiger partial charge in [-0.15, -0.1) is 0 Å². The Morgan fingerprint density at radius 1 is 1.06 bits per heavy atom. The topological polar surface area (TPSA) is 46.2 Å². The zero-order chi connectivity index (χ0) is 11.5. The van der Waals surface area contributed by atoms with E-state index in [9.17, 15) is 5.11 Å². The van der Waals surface area contributed by atoms with Gasteiger partial charge in [0.15, 0.2) is 0 Å². The number of phenols is 1. The maximum Gasteiger partial charge on any atom is 0.116 e. The number of phenolic OH excluding ortho intramolecular Hbond substituents is 1. The molecule has 0 unspecified atom stereocenters. The molecule has 3 N–H and O–H groups in total. The van der Waals surface area contributed by atoms with Crippen LogP contribution in [0.1, 0.15) is 11.1 Å². The summed E-state index contributed by atoms with van der Waals surface area (Å²) >= 11 is 3.39. The first-order valence-electron chi connectivity index (χ1n) is 4.97. The van der Waals surface area contributed by atoms with Gasteiger partial charge in [0.2, 0.25) is 0 Å². The lowest BCUT2D eigenvalue weighted by Gasteiger charge is -2.06. The third kappa shape index (κ3) is 2.55. The second kappa shape index (κ2) is 4.58. The maximum absolute atomic E-state index is 9.40. The van der Waals surface area contributed by atoms with Crippen molar-refractivity contribution in [3.8, 4) is 5.75 Å². The van der Waals surface area contributed by atoms with Crippen molar-refractivity contribution in [3.05, 3.63) is 58.1 Å². The minimum Gasteiger partial charge on any atom is -0.508 e. The molecule has 0 atom stereocenters. The Kier molecular flexibility index (Phi) is 3.15. The normalized spacial score (nSPS) is 10.3. The molecule has 0 amide bonds.